The average Bonchev–Trinajstić information content (AvgIpc) is 2.98. The van der Waals surface area contributed by atoms with Crippen LogP contribution in [0.2, 0.25) is 0 Å². The van der Waals surface area contributed by atoms with Crippen molar-refractivity contribution in [1.29, 1.82) is 0 Å². The Morgan fingerprint density at radius 1 is 1.10 bits per heavy atom. The maximum Gasteiger partial charge on any atom is 0.187 e. The van der Waals surface area contributed by atoms with Crippen molar-refractivity contribution < 1.29 is 9.90 Å². The molecule has 0 unspecified atom stereocenters. The van der Waals surface area contributed by atoms with Gasteiger partial charge in [0.05, 0.1) is 11.3 Å². The van der Waals surface area contributed by atoms with Gasteiger partial charge in [-0.05, 0) is 28.6 Å². The van der Waals surface area contributed by atoms with Crippen LogP contribution in [-0.4, -0.2) is 31.6 Å². The minimum absolute atomic E-state index is 0.0712. The molecule has 98 valence electrons. The summed E-state index contributed by atoms with van der Waals surface area (Å²) in [5.41, 5.74) is 1.66. The third kappa shape index (κ3) is 2.03. The third-order valence-electron chi connectivity index (χ3n) is 2.88. The molecule has 0 saturated heterocycles. The summed E-state index contributed by atoms with van der Waals surface area (Å²) >= 11 is 0. The maximum absolute atomic E-state index is 10.9. The van der Waals surface area contributed by atoms with E-state index in [1.165, 1.54) is 16.8 Å². The molecule has 0 bridgehead atoms. The Bertz CT molecular complexity index is 753. The monoisotopic (exact) mass is 266 g/mol. The standard InChI is InChI=1S/C14H10N4O2/c19-9-11-8-12(6-7-13(11)20)18-14(15-16-17-18)10-4-2-1-3-5-10/h1-9,20H. The molecule has 0 fully saturated rings. The first-order valence-electron chi connectivity index (χ1n) is 5.92. The van der Waals surface area contributed by atoms with Gasteiger partial charge in [0.15, 0.2) is 12.1 Å². The molecule has 2 aromatic carbocycles. The van der Waals surface area contributed by atoms with E-state index in [1.807, 2.05) is 30.3 Å². The Kier molecular flexibility index (Phi) is 2.96. The van der Waals surface area contributed by atoms with E-state index in [1.54, 1.807) is 6.07 Å². The van der Waals surface area contributed by atoms with E-state index < -0.39 is 0 Å². The number of benzene rings is 2. The molecule has 0 aliphatic heterocycles. The number of tetrazole rings is 1. The Morgan fingerprint density at radius 2 is 1.90 bits per heavy atom. The smallest absolute Gasteiger partial charge is 0.187 e. The van der Waals surface area contributed by atoms with Gasteiger partial charge in [-0.15, -0.1) is 5.10 Å². The lowest BCUT2D eigenvalue weighted by atomic mass is 10.2. The molecule has 0 saturated carbocycles. The van der Waals surface area contributed by atoms with Gasteiger partial charge in [-0.2, -0.15) is 4.68 Å². The Hall–Kier alpha value is -3.02. The molecule has 0 radical (unpaired) electrons. The molecular formula is C14H10N4O2. The van der Waals surface area contributed by atoms with Crippen molar-refractivity contribution in [3.8, 4) is 22.8 Å². The molecule has 0 atom stereocenters. The highest BCUT2D eigenvalue weighted by Crippen LogP contribution is 2.22. The van der Waals surface area contributed by atoms with E-state index >= 15 is 0 Å². The van der Waals surface area contributed by atoms with Crippen LogP contribution in [0.3, 0.4) is 0 Å². The molecule has 6 heteroatoms. The van der Waals surface area contributed by atoms with Gasteiger partial charge in [0, 0.05) is 5.56 Å². The molecule has 1 heterocycles. The van der Waals surface area contributed by atoms with Crippen LogP contribution in [0, 0.1) is 0 Å². The molecule has 0 spiro atoms. The van der Waals surface area contributed by atoms with E-state index in [0.717, 1.165) is 5.56 Å². The van der Waals surface area contributed by atoms with Gasteiger partial charge in [0.1, 0.15) is 5.75 Å². The number of phenols is 1. The van der Waals surface area contributed by atoms with Crippen LogP contribution in [0.1, 0.15) is 10.4 Å². The minimum Gasteiger partial charge on any atom is -0.507 e. The van der Waals surface area contributed by atoms with E-state index in [9.17, 15) is 9.90 Å². The highest BCUT2D eigenvalue weighted by molar-refractivity contribution is 5.80. The van der Waals surface area contributed by atoms with Gasteiger partial charge < -0.3 is 5.11 Å². The zero-order chi connectivity index (χ0) is 13.9. The Balaban J connectivity index is 2.13. The summed E-state index contributed by atoms with van der Waals surface area (Å²) in [6.07, 6.45) is 0.589. The van der Waals surface area contributed by atoms with Gasteiger partial charge >= 0.3 is 0 Å². The van der Waals surface area contributed by atoms with Gasteiger partial charge in [-0.3, -0.25) is 4.79 Å². The predicted molar refractivity (Wildman–Crippen MR) is 71.6 cm³/mol. The fourth-order valence-electron chi connectivity index (χ4n) is 1.90. The fourth-order valence-corrected chi connectivity index (χ4v) is 1.90. The fraction of sp³-hybridized carbons (Fsp3) is 0. The second-order valence-electron chi connectivity index (χ2n) is 4.14. The molecular weight excluding hydrogens is 256 g/mol. The quantitative estimate of drug-likeness (QED) is 0.732. The van der Waals surface area contributed by atoms with Crippen LogP contribution in [0.5, 0.6) is 5.75 Å². The highest BCUT2D eigenvalue weighted by Gasteiger charge is 2.11. The summed E-state index contributed by atoms with van der Waals surface area (Å²) in [7, 11) is 0. The van der Waals surface area contributed by atoms with Crippen LogP contribution in [0.25, 0.3) is 17.1 Å². The summed E-state index contributed by atoms with van der Waals surface area (Å²) in [5.74, 6) is 0.492. The van der Waals surface area contributed by atoms with Crippen LogP contribution >= 0.6 is 0 Å². The van der Waals surface area contributed by atoms with Crippen molar-refractivity contribution >= 4 is 6.29 Å². The Morgan fingerprint density at radius 3 is 2.65 bits per heavy atom. The molecule has 6 nitrogen and oxygen atoms in total. The van der Waals surface area contributed by atoms with E-state index in [4.69, 9.17) is 0 Å². The van der Waals surface area contributed by atoms with Crippen molar-refractivity contribution in [1.82, 2.24) is 20.2 Å². The summed E-state index contributed by atoms with van der Waals surface area (Å²) in [4.78, 5) is 10.9. The predicted octanol–water partition coefficient (Wildman–Crippen LogP) is 1.85. The molecule has 0 aliphatic rings. The Labute approximate surface area is 114 Å². The molecule has 3 rings (SSSR count). The maximum atomic E-state index is 10.9. The van der Waals surface area contributed by atoms with Crippen molar-refractivity contribution in [3.63, 3.8) is 0 Å². The van der Waals surface area contributed by atoms with Crippen LogP contribution in [0.15, 0.2) is 48.5 Å². The van der Waals surface area contributed by atoms with E-state index in [0.29, 0.717) is 17.8 Å². The van der Waals surface area contributed by atoms with Gasteiger partial charge in [-0.25, -0.2) is 0 Å². The number of carbonyl (C=O) groups is 1. The lowest BCUT2D eigenvalue weighted by molar-refractivity contribution is 0.112. The number of aromatic nitrogens is 4. The number of nitrogens with zero attached hydrogens (tertiary/aromatic N) is 4. The third-order valence-corrected chi connectivity index (χ3v) is 2.88. The van der Waals surface area contributed by atoms with Crippen LogP contribution < -0.4 is 0 Å². The second kappa shape index (κ2) is 4.93. The van der Waals surface area contributed by atoms with E-state index in [2.05, 4.69) is 15.5 Å². The largest absolute Gasteiger partial charge is 0.507 e. The van der Waals surface area contributed by atoms with E-state index in [-0.39, 0.29) is 11.3 Å². The number of rotatable bonds is 3. The first kappa shape index (κ1) is 12.0. The number of hydrogen-bond donors (Lipinski definition) is 1. The number of aldehydes is 1. The number of aromatic hydroxyl groups is 1. The number of hydrogen-bond acceptors (Lipinski definition) is 5. The van der Waals surface area contributed by atoms with Crippen molar-refractivity contribution in [2.75, 3.05) is 0 Å². The molecule has 3 aromatic rings. The molecule has 20 heavy (non-hydrogen) atoms. The van der Waals surface area contributed by atoms with Crippen molar-refractivity contribution in [3.05, 3.63) is 54.1 Å². The van der Waals surface area contributed by atoms with Crippen molar-refractivity contribution in [2.45, 2.75) is 0 Å². The minimum atomic E-state index is -0.0712. The van der Waals surface area contributed by atoms with Gasteiger partial charge in [-0.1, -0.05) is 30.3 Å². The zero-order valence-electron chi connectivity index (χ0n) is 10.3. The summed E-state index contributed by atoms with van der Waals surface area (Å²) in [6, 6.07) is 14.1. The highest BCUT2D eigenvalue weighted by atomic mass is 16.3. The lowest BCUT2D eigenvalue weighted by Gasteiger charge is -2.06. The normalized spacial score (nSPS) is 10.4. The van der Waals surface area contributed by atoms with Crippen LogP contribution in [-0.2, 0) is 0 Å². The summed E-state index contributed by atoms with van der Waals surface area (Å²) < 4.78 is 1.52. The average molecular weight is 266 g/mol. The van der Waals surface area contributed by atoms with Gasteiger partial charge in [0.2, 0.25) is 0 Å². The van der Waals surface area contributed by atoms with Crippen LogP contribution in [0.4, 0.5) is 0 Å². The first-order chi connectivity index (χ1) is 9.79. The second-order valence-corrected chi connectivity index (χ2v) is 4.14. The topological polar surface area (TPSA) is 80.9 Å². The lowest BCUT2D eigenvalue weighted by Crippen LogP contribution is -2.00. The molecule has 0 aliphatic carbocycles. The first-order valence-corrected chi connectivity index (χ1v) is 5.92. The molecule has 0 amide bonds. The van der Waals surface area contributed by atoms with Gasteiger partial charge in [0.25, 0.3) is 0 Å². The summed E-state index contributed by atoms with van der Waals surface area (Å²) in [6.45, 7) is 0. The SMILES string of the molecule is O=Cc1cc(-n2nnnc2-c2ccccc2)ccc1O. The number of phenolic OH excluding ortho intramolecular Hbond substituents is 1. The zero-order valence-corrected chi connectivity index (χ0v) is 10.3. The van der Waals surface area contributed by atoms with Crippen molar-refractivity contribution in [2.24, 2.45) is 0 Å². The molecule has 1 aromatic heterocycles. The number of carbonyl (C=O) groups excluding carboxylic acids is 1. The summed E-state index contributed by atoms with van der Waals surface area (Å²) in [5, 5.41) is 21.1. The molecule has 1 N–H and O–H groups in total.